The molecule has 0 unspecified atom stereocenters. The van der Waals surface area contributed by atoms with Gasteiger partial charge in [0.15, 0.2) is 0 Å². The molecule has 6 nitrogen and oxygen atoms in total. The van der Waals surface area contributed by atoms with E-state index in [-0.39, 0.29) is 18.3 Å². The molecule has 26 heavy (non-hydrogen) atoms. The highest BCUT2D eigenvalue weighted by Crippen LogP contribution is 2.27. The minimum absolute atomic E-state index is 0. The molecule has 3 N–H and O–H groups in total. The Hall–Kier alpha value is -0.670. The van der Waals surface area contributed by atoms with Crippen LogP contribution in [-0.2, 0) is 21.2 Å². The number of thiophene rings is 1. The molecule has 0 spiro atoms. The van der Waals surface area contributed by atoms with Crippen molar-refractivity contribution in [2.45, 2.75) is 62.1 Å². The van der Waals surface area contributed by atoms with Gasteiger partial charge in [-0.05, 0) is 31.4 Å². The van der Waals surface area contributed by atoms with Crippen molar-refractivity contribution in [2.24, 2.45) is 5.73 Å². The topological polar surface area (TPSA) is 92.5 Å². The van der Waals surface area contributed by atoms with Crippen molar-refractivity contribution >= 4 is 39.7 Å². The summed E-state index contributed by atoms with van der Waals surface area (Å²) < 4.78 is 26.8. The number of rotatable bonds is 8. The zero-order valence-electron chi connectivity index (χ0n) is 15.5. The van der Waals surface area contributed by atoms with Crippen LogP contribution in [0.25, 0.3) is 0 Å². The Kier molecular flexibility index (Phi) is 9.02. The normalized spacial score (nSPS) is 16.9. The van der Waals surface area contributed by atoms with Crippen molar-refractivity contribution in [1.29, 1.82) is 0 Å². The Morgan fingerprint density at radius 2 is 1.85 bits per heavy atom. The zero-order chi connectivity index (χ0) is 18.5. The number of nitrogens with zero attached hydrogens (tertiary/aromatic N) is 1. The quantitative estimate of drug-likeness (QED) is 0.671. The van der Waals surface area contributed by atoms with Crippen LogP contribution in [0.2, 0.25) is 0 Å². The fourth-order valence-electron chi connectivity index (χ4n) is 3.21. The van der Waals surface area contributed by atoms with Crippen LogP contribution in [0.15, 0.2) is 16.3 Å². The molecular formula is C17H30ClN3O3S2. The fraction of sp³-hybridized carbons (Fsp3) is 0.706. The van der Waals surface area contributed by atoms with E-state index < -0.39 is 15.6 Å². The summed E-state index contributed by atoms with van der Waals surface area (Å²) in [4.78, 5) is 13.3. The zero-order valence-corrected chi connectivity index (χ0v) is 17.9. The molecule has 0 bridgehead atoms. The molecule has 1 saturated carbocycles. The van der Waals surface area contributed by atoms with Crippen LogP contribution < -0.4 is 11.1 Å². The first kappa shape index (κ1) is 23.4. The summed E-state index contributed by atoms with van der Waals surface area (Å²) in [6, 6.07) is 3.48. The molecule has 150 valence electrons. The van der Waals surface area contributed by atoms with E-state index in [9.17, 15) is 13.2 Å². The van der Waals surface area contributed by atoms with Gasteiger partial charge in [0.1, 0.15) is 4.21 Å². The van der Waals surface area contributed by atoms with Gasteiger partial charge in [0, 0.05) is 24.5 Å². The fourth-order valence-corrected chi connectivity index (χ4v) is 6.17. The molecular weight excluding hydrogens is 394 g/mol. The molecule has 1 amide bonds. The first-order valence-corrected chi connectivity index (χ1v) is 11.2. The molecule has 2 rings (SSSR count). The van der Waals surface area contributed by atoms with Crippen LogP contribution in [0.5, 0.6) is 0 Å². The van der Waals surface area contributed by atoms with Crippen molar-refractivity contribution in [3.8, 4) is 0 Å². The molecule has 1 heterocycles. The summed E-state index contributed by atoms with van der Waals surface area (Å²) in [6.45, 7) is 5.06. The predicted octanol–water partition coefficient (Wildman–Crippen LogP) is 2.52. The first-order chi connectivity index (χ1) is 11.8. The van der Waals surface area contributed by atoms with Gasteiger partial charge in [0.2, 0.25) is 5.91 Å². The van der Waals surface area contributed by atoms with Gasteiger partial charge in [-0.3, -0.25) is 4.79 Å². The van der Waals surface area contributed by atoms with Crippen LogP contribution in [0, 0.1) is 0 Å². The Balaban J connectivity index is 0.00000338. The molecule has 9 heteroatoms. The third-order valence-corrected chi connectivity index (χ3v) is 8.45. The molecule has 0 aromatic carbocycles. The first-order valence-electron chi connectivity index (χ1n) is 8.99. The minimum Gasteiger partial charge on any atom is -0.354 e. The summed E-state index contributed by atoms with van der Waals surface area (Å²) in [6.07, 6.45) is 5.24. The average molecular weight is 424 g/mol. The number of hydrogen-bond donors (Lipinski definition) is 2. The Morgan fingerprint density at radius 1 is 1.23 bits per heavy atom. The number of hydrogen-bond acceptors (Lipinski definition) is 5. The largest absolute Gasteiger partial charge is 0.354 e. The highest BCUT2D eigenvalue weighted by atomic mass is 35.5. The van der Waals surface area contributed by atoms with Crippen LogP contribution in [0.1, 0.15) is 50.8 Å². The monoisotopic (exact) mass is 423 g/mol. The van der Waals surface area contributed by atoms with Crippen LogP contribution in [0.3, 0.4) is 0 Å². The van der Waals surface area contributed by atoms with Crippen LogP contribution >= 0.6 is 23.7 Å². The number of nitrogens with two attached hydrogens (primary N) is 1. The second-order valence-corrected chi connectivity index (χ2v) is 9.87. The summed E-state index contributed by atoms with van der Waals surface area (Å²) in [7, 11) is -3.40. The lowest BCUT2D eigenvalue weighted by atomic mass is 9.82. The summed E-state index contributed by atoms with van der Waals surface area (Å²) in [5, 5.41) is 2.92. The van der Waals surface area contributed by atoms with Crippen LogP contribution in [0.4, 0.5) is 0 Å². The summed E-state index contributed by atoms with van der Waals surface area (Å²) in [5.74, 6) is -0.0836. The van der Waals surface area contributed by atoms with Crippen LogP contribution in [-0.4, -0.2) is 43.8 Å². The second-order valence-electron chi connectivity index (χ2n) is 6.53. The minimum atomic E-state index is -3.40. The molecule has 1 aliphatic carbocycles. The second kappa shape index (κ2) is 10.0. The summed E-state index contributed by atoms with van der Waals surface area (Å²) >= 11 is 1.27. The lowest BCUT2D eigenvalue weighted by Crippen LogP contribution is -2.55. The van der Waals surface area contributed by atoms with Crippen molar-refractivity contribution in [3.05, 3.63) is 17.0 Å². The SMILES string of the molecule is CCN(CC)S(=O)(=O)c1ccc(CCNC(=O)C2(N)CCCCC2)s1.Cl. The Labute approximate surface area is 167 Å². The lowest BCUT2D eigenvalue weighted by Gasteiger charge is -2.31. The molecule has 1 fully saturated rings. The number of amides is 1. The molecule has 0 saturated heterocycles. The van der Waals surface area contributed by atoms with Crippen molar-refractivity contribution in [1.82, 2.24) is 9.62 Å². The van der Waals surface area contributed by atoms with Crippen molar-refractivity contribution in [3.63, 3.8) is 0 Å². The number of sulfonamides is 1. The van der Waals surface area contributed by atoms with Crippen molar-refractivity contribution in [2.75, 3.05) is 19.6 Å². The maximum atomic E-state index is 12.5. The van der Waals surface area contributed by atoms with E-state index in [0.717, 1.165) is 37.0 Å². The molecule has 0 radical (unpaired) electrons. The number of carbonyl (C=O) groups is 1. The number of nitrogens with one attached hydrogen (secondary N) is 1. The van der Waals surface area contributed by atoms with E-state index in [4.69, 9.17) is 5.73 Å². The average Bonchev–Trinajstić information content (AvgIpc) is 3.06. The standard InChI is InChI=1S/C17H29N3O3S2.ClH/c1-3-20(4-2)25(22,23)15-9-8-14(24-15)10-13-19-16(21)17(18)11-6-5-7-12-17;/h8-9H,3-7,10-13,18H2,1-2H3,(H,19,21);1H. The van der Waals surface area contributed by atoms with Gasteiger partial charge in [0.25, 0.3) is 10.0 Å². The third-order valence-electron chi connectivity index (χ3n) is 4.79. The molecule has 1 aromatic rings. The van der Waals surface area contributed by atoms with E-state index in [1.807, 2.05) is 19.9 Å². The molecule has 0 atom stereocenters. The van der Waals surface area contributed by atoms with Gasteiger partial charge in [-0.2, -0.15) is 4.31 Å². The maximum Gasteiger partial charge on any atom is 0.252 e. The molecule has 1 aliphatic rings. The van der Waals surface area contributed by atoms with Gasteiger partial charge in [-0.15, -0.1) is 23.7 Å². The van der Waals surface area contributed by atoms with Gasteiger partial charge in [-0.1, -0.05) is 33.1 Å². The van der Waals surface area contributed by atoms with Gasteiger partial charge >= 0.3 is 0 Å². The van der Waals surface area contributed by atoms with E-state index in [1.54, 1.807) is 6.07 Å². The van der Waals surface area contributed by atoms with E-state index in [2.05, 4.69) is 5.32 Å². The van der Waals surface area contributed by atoms with Gasteiger partial charge in [0.05, 0.1) is 5.54 Å². The molecule has 1 aromatic heterocycles. The van der Waals surface area contributed by atoms with Gasteiger partial charge < -0.3 is 11.1 Å². The highest BCUT2D eigenvalue weighted by Gasteiger charge is 2.34. The Bertz CT molecular complexity index is 681. The third kappa shape index (κ3) is 5.42. The Morgan fingerprint density at radius 3 is 2.42 bits per heavy atom. The number of halogens is 1. The van der Waals surface area contributed by atoms with E-state index in [0.29, 0.717) is 30.3 Å². The highest BCUT2D eigenvalue weighted by molar-refractivity contribution is 7.91. The predicted molar refractivity (Wildman–Crippen MR) is 108 cm³/mol. The maximum absolute atomic E-state index is 12.5. The van der Waals surface area contributed by atoms with E-state index in [1.165, 1.54) is 15.6 Å². The smallest absolute Gasteiger partial charge is 0.252 e. The van der Waals surface area contributed by atoms with E-state index >= 15 is 0 Å². The summed E-state index contributed by atoms with van der Waals surface area (Å²) in [5.41, 5.74) is 5.48. The molecule has 0 aliphatic heterocycles. The lowest BCUT2D eigenvalue weighted by molar-refractivity contribution is -0.127. The van der Waals surface area contributed by atoms with Gasteiger partial charge in [-0.25, -0.2) is 8.42 Å². The number of carbonyl (C=O) groups excluding carboxylic acids is 1. The van der Waals surface area contributed by atoms with Crippen molar-refractivity contribution < 1.29 is 13.2 Å².